The number of benzodiazepines with no additional fused rings is 1. The van der Waals surface area contributed by atoms with Crippen LogP contribution in [0.4, 0.5) is 32.0 Å². The van der Waals surface area contributed by atoms with Crippen LogP contribution in [0.15, 0.2) is 83.9 Å². The fourth-order valence-electron chi connectivity index (χ4n) is 7.38. The third-order valence-corrected chi connectivity index (χ3v) is 10.1. The van der Waals surface area contributed by atoms with Gasteiger partial charge in [-0.3, -0.25) is 33.9 Å². The molecule has 0 aromatic heterocycles. The zero-order valence-corrected chi connectivity index (χ0v) is 34.4. The van der Waals surface area contributed by atoms with E-state index in [9.17, 15) is 59.9 Å². The predicted octanol–water partition coefficient (Wildman–Crippen LogP) is 7.23. The molecule has 0 spiro atoms. The van der Waals surface area contributed by atoms with Gasteiger partial charge in [-0.25, -0.2) is 9.56 Å². The molecule has 0 saturated heterocycles. The Bertz CT molecular complexity index is 2220. The molecule has 13 nitrogen and oxygen atoms in total. The number of hydrogen-bond acceptors (Lipinski definition) is 8. The molecule has 61 heavy (non-hydrogen) atoms. The molecule has 1 heterocycles. The van der Waals surface area contributed by atoms with Crippen molar-refractivity contribution in [3.8, 4) is 5.75 Å². The summed E-state index contributed by atoms with van der Waals surface area (Å²) >= 11 is 0. The molecule has 3 aromatic carbocycles. The van der Waals surface area contributed by atoms with Crippen molar-refractivity contribution in [1.82, 2.24) is 5.32 Å². The van der Waals surface area contributed by atoms with Crippen molar-refractivity contribution < 1.29 is 69.1 Å². The number of amides is 3. The number of rotatable bonds is 17. The van der Waals surface area contributed by atoms with Crippen molar-refractivity contribution in [3.63, 3.8) is 0 Å². The maximum absolute atomic E-state index is 14.5. The van der Waals surface area contributed by atoms with Gasteiger partial charge in [-0.2, -0.15) is 26.3 Å². The van der Waals surface area contributed by atoms with Crippen LogP contribution in [0.3, 0.4) is 0 Å². The fourth-order valence-corrected chi connectivity index (χ4v) is 7.78. The molecule has 3 atom stereocenters. The Morgan fingerprint density at radius 2 is 1.59 bits per heavy atom. The predicted molar refractivity (Wildman–Crippen MR) is 211 cm³/mol. The number of phosphoric ester groups is 1. The molecule has 0 aliphatic carbocycles. The Balaban J connectivity index is 1.74. The summed E-state index contributed by atoms with van der Waals surface area (Å²) < 4.78 is 102. The molecule has 1 aliphatic rings. The van der Waals surface area contributed by atoms with Crippen LogP contribution >= 0.6 is 7.82 Å². The van der Waals surface area contributed by atoms with E-state index in [1.54, 1.807) is 82.3 Å². The van der Waals surface area contributed by atoms with E-state index in [1.807, 2.05) is 0 Å². The number of primary amides is 1. The topological polar surface area (TPSA) is 198 Å². The summed E-state index contributed by atoms with van der Waals surface area (Å²) in [5.74, 6) is -8.96. The summed E-state index contributed by atoms with van der Waals surface area (Å²) in [4.78, 5) is 79.5. The molecule has 330 valence electrons. The third-order valence-electron chi connectivity index (χ3n) is 9.70. The van der Waals surface area contributed by atoms with E-state index in [1.165, 1.54) is 12.1 Å². The molecule has 5 N–H and O–H groups in total. The lowest BCUT2D eigenvalue weighted by Crippen LogP contribution is -2.51. The number of nitrogens with two attached hydrogens (primary N) is 1. The van der Waals surface area contributed by atoms with Crippen molar-refractivity contribution >= 4 is 42.9 Å². The monoisotopic (exact) mass is 882 g/mol. The van der Waals surface area contributed by atoms with Gasteiger partial charge in [-0.1, -0.05) is 80.6 Å². The number of nitrogens with one attached hydrogen (secondary N) is 1. The molecule has 3 unspecified atom stereocenters. The zero-order valence-electron chi connectivity index (χ0n) is 33.5. The smallest absolute Gasteiger partial charge is 0.444 e. The number of para-hydroxylation sites is 1. The lowest BCUT2D eigenvalue weighted by Gasteiger charge is -2.30. The lowest BCUT2D eigenvalue weighted by molar-refractivity contribution is -0.145. The average molecular weight is 883 g/mol. The number of fused-ring (bicyclic) bond motifs is 1. The number of alkyl halides is 6. The molecule has 0 bridgehead atoms. The summed E-state index contributed by atoms with van der Waals surface area (Å²) in [5, 5.41) is 2.31. The molecule has 0 saturated carbocycles. The van der Waals surface area contributed by atoms with Gasteiger partial charge in [0.15, 0.2) is 6.73 Å². The molecular formula is C41H45F6N4O9P. The number of benzene rings is 3. The van der Waals surface area contributed by atoms with Crippen LogP contribution in [0.1, 0.15) is 73.8 Å². The minimum absolute atomic E-state index is 0.110. The van der Waals surface area contributed by atoms with E-state index in [0.29, 0.717) is 22.3 Å². The van der Waals surface area contributed by atoms with E-state index in [2.05, 4.69) is 16.9 Å². The molecule has 0 radical (unpaired) electrons. The Labute approximate surface area is 347 Å². The van der Waals surface area contributed by atoms with Gasteiger partial charge in [0.2, 0.25) is 18.0 Å². The first-order valence-corrected chi connectivity index (χ1v) is 20.2. The fraction of sp³-hybridized carbons (Fsp3) is 0.390. The maximum atomic E-state index is 14.5. The van der Waals surface area contributed by atoms with E-state index in [-0.39, 0.29) is 22.7 Å². The van der Waals surface area contributed by atoms with Crippen LogP contribution in [0.2, 0.25) is 0 Å². The first-order valence-electron chi connectivity index (χ1n) is 18.6. The second-order valence-electron chi connectivity index (χ2n) is 15.2. The van der Waals surface area contributed by atoms with Gasteiger partial charge in [0.25, 0.3) is 5.91 Å². The first kappa shape index (κ1) is 48.1. The number of aliphatic imine (C=N–C) groups is 1. The Hall–Kier alpha value is -5.52. The quantitative estimate of drug-likeness (QED) is 0.0468. The lowest BCUT2D eigenvalue weighted by atomic mass is 9.78. The number of nitrogens with zero attached hydrogens (tertiary/aromatic N) is 2. The van der Waals surface area contributed by atoms with Crippen LogP contribution in [0.5, 0.6) is 5.75 Å². The maximum Gasteiger partial charge on any atom is 0.524 e. The van der Waals surface area contributed by atoms with Gasteiger partial charge in [-0.15, -0.1) is 0 Å². The molecular weight excluding hydrogens is 837 g/mol. The normalized spacial score (nSPS) is 15.8. The van der Waals surface area contributed by atoms with Crippen LogP contribution in [0, 0.1) is 25.7 Å². The number of aryl methyl sites for hydroxylation is 2. The number of phosphoric acid groups is 1. The summed E-state index contributed by atoms with van der Waals surface area (Å²) in [6.45, 7) is 9.02. The first-order chi connectivity index (χ1) is 28.2. The van der Waals surface area contributed by atoms with E-state index in [4.69, 9.17) is 15.0 Å². The zero-order chi connectivity index (χ0) is 45.7. The molecule has 20 heteroatoms. The van der Waals surface area contributed by atoms with E-state index >= 15 is 0 Å². The summed E-state index contributed by atoms with van der Waals surface area (Å²) in [6.07, 6.45) is -16.9. The second kappa shape index (κ2) is 19.0. The van der Waals surface area contributed by atoms with Crippen molar-refractivity contribution in [1.29, 1.82) is 0 Å². The van der Waals surface area contributed by atoms with E-state index < -0.39 is 112 Å². The number of esters is 1. The number of anilines is 1. The van der Waals surface area contributed by atoms with Gasteiger partial charge in [0.1, 0.15) is 5.75 Å². The molecule has 3 aromatic rings. The summed E-state index contributed by atoms with van der Waals surface area (Å²) in [6, 6.07) is 17.6. The van der Waals surface area contributed by atoms with Gasteiger partial charge in [-0.05, 0) is 49.9 Å². The minimum Gasteiger partial charge on any atom is -0.444 e. The molecule has 0 fully saturated rings. The SMILES string of the molecule is C=C(CC(F)(F)F)C(C(N)=O)C(CCCC(F)(F)F)C(=O)NC1N=C(c2ccccc2)c2ccccc2N(COC(=O)CC(C)(C)c2c(C)cc(C)cc2OP(=O)(O)O)C1=O. The van der Waals surface area contributed by atoms with Crippen LogP contribution in [0.25, 0.3) is 0 Å². The average Bonchev–Trinajstić information content (AvgIpc) is 3.21. The highest BCUT2D eigenvalue weighted by atomic mass is 31.2. The van der Waals surface area contributed by atoms with Gasteiger partial charge < -0.3 is 20.3 Å². The Morgan fingerprint density at radius 1 is 0.967 bits per heavy atom. The molecule has 1 aliphatic heterocycles. The highest BCUT2D eigenvalue weighted by Gasteiger charge is 2.42. The minimum atomic E-state index is -5.04. The van der Waals surface area contributed by atoms with Crippen molar-refractivity contribution in [3.05, 3.63) is 107 Å². The Morgan fingerprint density at radius 3 is 2.18 bits per heavy atom. The highest BCUT2D eigenvalue weighted by molar-refractivity contribution is 7.46. The molecule has 4 rings (SSSR count). The van der Waals surface area contributed by atoms with Crippen LogP contribution in [-0.2, 0) is 33.9 Å². The number of ether oxygens (including phenoxy) is 1. The highest BCUT2D eigenvalue weighted by Crippen LogP contribution is 2.45. The largest absolute Gasteiger partial charge is 0.524 e. The number of hydrogen-bond donors (Lipinski definition) is 4. The Kier molecular flexibility index (Phi) is 15.0. The summed E-state index contributed by atoms with van der Waals surface area (Å²) in [5.41, 5.74) is 5.78. The second-order valence-corrected chi connectivity index (χ2v) is 16.4. The molecule has 3 amide bonds. The summed E-state index contributed by atoms with van der Waals surface area (Å²) in [7, 11) is -5.04. The van der Waals surface area contributed by atoms with Crippen LogP contribution in [-0.4, -0.2) is 64.4 Å². The van der Waals surface area contributed by atoms with Gasteiger partial charge in [0.05, 0.1) is 36.1 Å². The number of carbonyl (C=O) groups excluding carboxylic acids is 4. The van der Waals surface area contributed by atoms with Crippen molar-refractivity contribution in [2.75, 3.05) is 11.6 Å². The van der Waals surface area contributed by atoms with Gasteiger partial charge >= 0.3 is 26.1 Å². The van der Waals surface area contributed by atoms with Crippen LogP contribution < -0.4 is 20.5 Å². The van der Waals surface area contributed by atoms with Gasteiger partial charge in [0, 0.05) is 28.5 Å². The number of halogens is 6. The number of carbonyl (C=O) groups is 4. The van der Waals surface area contributed by atoms with Crippen molar-refractivity contribution in [2.24, 2.45) is 22.6 Å². The van der Waals surface area contributed by atoms with Crippen molar-refractivity contribution in [2.45, 2.75) is 83.7 Å². The van der Waals surface area contributed by atoms with E-state index in [0.717, 1.165) is 4.90 Å². The third kappa shape index (κ3) is 13.2. The standard InChI is InChI=1S/C41H45F6N4O9P/c1-23-18-24(2)33(30(19-23)60-61(56,57)58)39(4,5)21-31(52)59-22-51-29-16-10-9-14-27(29)34(26-12-7-6-8-13-26)49-36(38(51)55)50-37(54)28(15-11-17-40(42,43)44)32(35(48)53)25(3)20-41(45,46)47/h6-10,12-14,16,18-19,28,32,36H,3,11,15,17,20-22H2,1-2,4-5H3,(H2,48,53)(H,50,54)(H2,56,57,58).